The van der Waals surface area contributed by atoms with E-state index in [1.807, 2.05) is 30.3 Å². The van der Waals surface area contributed by atoms with E-state index >= 15 is 0 Å². The monoisotopic (exact) mass is 247 g/mol. The van der Waals surface area contributed by atoms with Crippen LogP contribution in [-0.2, 0) is 11.2 Å². The zero-order valence-corrected chi connectivity index (χ0v) is 10.9. The van der Waals surface area contributed by atoms with Crippen molar-refractivity contribution in [3.8, 4) is 0 Å². The van der Waals surface area contributed by atoms with Gasteiger partial charge in [-0.1, -0.05) is 6.07 Å². The third-order valence-corrected chi connectivity index (χ3v) is 3.51. The first-order chi connectivity index (χ1) is 8.75. The van der Waals surface area contributed by atoms with E-state index in [4.69, 9.17) is 0 Å². The molecule has 0 saturated carbocycles. The third-order valence-electron chi connectivity index (χ3n) is 3.51. The van der Waals surface area contributed by atoms with Gasteiger partial charge in [-0.25, -0.2) is 0 Å². The molecule has 98 valence electrons. The van der Waals surface area contributed by atoms with E-state index in [0.29, 0.717) is 12.3 Å². The van der Waals surface area contributed by atoms with Crippen LogP contribution in [0.3, 0.4) is 0 Å². The molecule has 1 aliphatic rings. The molecule has 4 heteroatoms. The fourth-order valence-electron chi connectivity index (χ4n) is 2.26. The van der Waals surface area contributed by atoms with Crippen LogP contribution in [0.5, 0.6) is 0 Å². The van der Waals surface area contributed by atoms with Crippen LogP contribution in [0.2, 0.25) is 0 Å². The Morgan fingerprint density at radius 1 is 1.61 bits per heavy atom. The lowest BCUT2D eigenvalue weighted by Crippen LogP contribution is -2.30. The average molecular weight is 247 g/mol. The van der Waals surface area contributed by atoms with Crippen molar-refractivity contribution in [3.63, 3.8) is 0 Å². The summed E-state index contributed by atoms with van der Waals surface area (Å²) in [6.45, 7) is 2.81. The van der Waals surface area contributed by atoms with Gasteiger partial charge in [0.25, 0.3) is 0 Å². The van der Waals surface area contributed by atoms with Gasteiger partial charge in [-0.15, -0.1) is 0 Å². The molecule has 2 rings (SSSR count). The Kier molecular flexibility index (Phi) is 4.70. The van der Waals surface area contributed by atoms with Crippen LogP contribution in [0, 0.1) is 5.92 Å². The van der Waals surface area contributed by atoms with Crippen molar-refractivity contribution in [2.24, 2.45) is 5.92 Å². The topological polar surface area (TPSA) is 45.2 Å². The summed E-state index contributed by atoms with van der Waals surface area (Å²) in [7, 11) is 1.89. The number of pyridine rings is 1. The smallest absolute Gasteiger partial charge is 0.222 e. The van der Waals surface area contributed by atoms with Crippen molar-refractivity contribution in [1.29, 1.82) is 0 Å². The van der Waals surface area contributed by atoms with Crippen LogP contribution >= 0.6 is 0 Å². The summed E-state index contributed by atoms with van der Waals surface area (Å²) >= 11 is 0. The Morgan fingerprint density at radius 2 is 2.50 bits per heavy atom. The molecule has 1 fully saturated rings. The molecule has 18 heavy (non-hydrogen) atoms. The van der Waals surface area contributed by atoms with Gasteiger partial charge in [0.05, 0.1) is 0 Å². The molecule has 0 aliphatic carbocycles. The Labute approximate surface area is 108 Å². The SMILES string of the molecule is CN(CCc1cccnc1)C(=O)CC1CCNC1. The van der Waals surface area contributed by atoms with Gasteiger partial charge in [0.1, 0.15) is 0 Å². The zero-order valence-electron chi connectivity index (χ0n) is 10.9. The van der Waals surface area contributed by atoms with Gasteiger partial charge < -0.3 is 10.2 Å². The van der Waals surface area contributed by atoms with Crippen LogP contribution in [-0.4, -0.2) is 42.5 Å². The van der Waals surface area contributed by atoms with Crippen LogP contribution in [0.15, 0.2) is 24.5 Å². The highest BCUT2D eigenvalue weighted by atomic mass is 16.2. The maximum absolute atomic E-state index is 12.0. The van der Waals surface area contributed by atoms with E-state index in [1.54, 1.807) is 6.20 Å². The Balaban J connectivity index is 1.73. The van der Waals surface area contributed by atoms with E-state index < -0.39 is 0 Å². The number of aromatic nitrogens is 1. The van der Waals surface area contributed by atoms with E-state index in [9.17, 15) is 4.79 Å². The molecule has 0 aromatic carbocycles. The van der Waals surface area contributed by atoms with Crippen molar-refractivity contribution < 1.29 is 4.79 Å². The molecule has 1 aromatic rings. The van der Waals surface area contributed by atoms with Gasteiger partial charge in [-0.2, -0.15) is 0 Å². The average Bonchev–Trinajstić information content (AvgIpc) is 2.90. The number of nitrogens with one attached hydrogen (secondary N) is 1. The summed E-state index contributed by atoms with van der Waals surface area (Å²) in [4.78, 5) is 17.9. The van der Waals surface area contributed by atoms with E-state index in [2.05, 4.69) is 10.3 Å². The standard InChI is InChI=1S/C14H21N3O/c1-17(8-5-12-3-2-6-15-10-12)14(18)9-13-4-7-16-11-13/h2-3,6,10,13,16H,4-5,7-9,11H2,1H3. The minimum absolute atomic E-state index is 0.257. The van der Waals surface area contributed by atoms with Crippen LogP contribution in [0.25, 0.3) is 0 Å². The van der Waals surface area contributed by atoms with E-state index in [-0.39, 0.29) is 5.91 Å². The van der Waals surface area contributed by atoms with Gasteiger partial charge in [-0.3, -0.25) is 9.78 Å². The minimum Gasteiger partial charge on any atom is -0.345 e. The Bertz CT molecular complexity index is 374. The molecule has 0 radical (unpaired) electrons. The number of likely N-dealkylation sites (N-methyl/N-ethyl adjacent to an activating group) is 1. The number of rotatable bonds is 5. The van der Waals surface area contributed by atoms with Gasteiger partial charge in [-0.05, 0) is 43.5 Å². The number of amides is 1. The second-order valence-electron chi connectivity index (χ2n) is 4.99. The summed E-state index contributed by atoms with van der Waals surface area (Å²) in [6.07, 6.45) is 6.31. The summed E-state index contributed by atoms with van der Waals surface area (Å²) in [5.41, 5.74) is 1.18. The lowest BCUT2D eigenvalue weighted by atomic mass is 10.0. The maximum atomic E-state index is 12.0. The van der Waals surface area contributed by atoms with Crippen molar-refractivity contribution in [1.82, 2.24) is 15.2 Å². The Hall–Kier alpha value is -1.42. The summed E-state index contributed by atoms with van der Waals surface area (Å²) in [6, 6.07) is 3.98. The number of carbonyl (C=O) groups is 1. The second-order valence-corrected chi connectivity index (χ2v) is 4.99. The molecule has 0 spiro atoms. The lowest BCUT2D eigenvalue weighted by molar-refractivity contribution is -0.130. The highest BCUT2D eigenvalue weighted by Crippen LogP contribution is 2.13. The first-order valence-corrected chi connectivity index (χ1v) is 6.59. The normalized spacial score (nSPS) is 18.8. The first-order valence-electron chi connectivity index (χ1n) is 6.59. The van der Waals surface area contributed by atoms with Gasteiger partial charge in [0.15, 0.2) is 0 Å². The molecule has 1 aliphatic heterocycles. The Morgan fingerprint density at radius 3 is 3.17 bits per heavy atom. The minimum atomic E-state index is 0.257. The molecule has 1 unspecified atom stereocenters. The van der Waals surface area contributed by atoms with Crippen molar-refractivity contribution in [3.05, 3.63) is 30.1 Å². The summed E-state index contributed by atoms with van der Waals surface area (Å²) < 4.78 is 0. The summed E-state index contributed by atoms with van der Waals surface area (Å²) in [5.74, 6) is 0.783. The predicted octanol–water partition coefficient (Wildman–Crippen LogP) is 1.08. The molecule has 1 atom stereocenters. The van der Waals surface area contributed by atoms with Crippen LogP contribution in [0.1, 0.15) is 18.4 Å². The lowest BCUT2D eigenvalue weighted by Gasteiger charge is -2.19. The largest absolute Gasteiger partial charge is 0.345 e. The third kappa shape index (κ3) is 3.81. The summed E-state index contributed by atoms with van der Waals surface area (Å²) in [5, 5.41) is 3.30. The molecule has 2 heterocycles. The molecule has 1 saturated heterocycles. The molecule has 1 N–H and O–H groups in total. The van der Waals surface area contributed by atoms with Crippen LogP contribution < -0.4 is 5.32 Å². The molecular formula is C14H21N3O. The highest BCUT2D eigenvalue weighted by molar-refractivity contribution is 5.76. The maximum Gasteiger partial charge on any atom is 0.222 e. The quantitative estimate of drug-likeness (QED) is 0.847. The zero-order chi connectivity index (χ0) is 12.8. The number of hydrogen-bond acceptors (Lipinski definition) is 3. The van der Waals surface area contributed by atoms with E-state index in [0.717, 1.165) is 32.5 Å². The first kappa shape index (κ1) is 13.0. The number of nitrogens with zero attached hydrogens (tertiary/aromatic N) is 2. The van der Waals surface area contributed by atoms with Crippen molar-refractivity contribution in [2.75, 3.05) is 26.7 Å². The van der Waals surface area contributed by atoms with Gasteiger partial charge >= 0.3 is 0 Å². The van der Waals surface area contributed by atoms with E-state index in [1.165, 1.54) is 5.56 Å². The van der Waals surface area contributed by atoms with Crippen LogP contribution in [0.4, 0.5) is 0 Å². The number of hydrogen-bond donors (Lipinski definition) is 1. The fourth-order valence-corrected chi connectivity index (χ4v) is 2.26. The number of carbonyl (C=O) groups excluding carboxylic acids is 1. The molecule has 1 aromatic heterocycles. The molecule has 1 amide bonds. The highest BCUT2D eigenvalue weighted by Gasteiger charge is 2.19. The fraction of sp³-hybridized carbons (Fsp3) is 0.571. The van der Waals surface area contributed by atoms with Crippen molar-refractivity contribution in [2.45, 2.75) is 19.3 Å². The second kappa shape index (κ2) is 6.50. The molecule has 0 bridgehead atoms. The van der Waals surface area contributed by atoms with Gasteiger partial charge in [0, 0.05) is 32.4 Å². The molecule has 4 nitrogen and oxygen atoms in total. The predicted molar refractivity (Wildman–Crippen MR) is 71.2 cm³/mol. The van der Waals surface area contributed by atoms with Gasteiger partial charge in [0.2, 0.25) is 5.91 Å². The molecular weight excluding hydrogens is 226 g/mol. The van der Waals surface area contributed by atoms with Crippen molar-refractivity contribution >= 4 is 5.91 Å².